The molecule has 0 amide bonds. The molecule has 1 unspecified atom stereocenters. The second-order valence-corrected chi connectivity index (χ2v) is 8.07. The Labute approximate surface area is 166 Å². The van der Waals surface area contributed by atoms with Crippen LogP contribution >= 0.6 is 11.8 Å². The minimum Gasteiger partial charge on any atom is -0.497 e. The Hall–Kier alpha value is -2.65. The molecule has 0 spiro atoms. The Balaban J connectivity index is 1.60. The lowest BCUT2D eigenvalue weighted by Crippen LogP contribution is -2.27. The van der Waals surface area contributed by atoms with Crippen molar-refractivity contribution in [1.29, 1.82) is 0 Å². The number of hydrogen-bond acceptors (Lipinski definition) is 7. The summed E-state index contributed by atoms with van der Waals surface area (Å²) in [6.45, 7) is 0.584. The number of benzene rings is 1. The maximum Gasteiger partial charge on any atom is 0.213 e. The van der Waals surface area contributed by atoms with Gasteiger partial charge in [0.15, 0.2) is 0 Å². The molecule has 3 N–H and O–H groups in total. The van der Waals surface area contributed by atoms with Crippen LogP contribution < -0.4 is 10.5 Å². The molecule has 0 radical (unpaired) electrons. The van der Waals surface area contributed by atoms with Crippen molar-refractivity contribution in [2.75, 3.05) is 13.7 Å². The van der Waals surface area contributed by atoms with Gasteiger partial charge < -0.3 is 10.5 Å². The van der Waals surface area contributed by atoms with Gasteiger partial charge >= 0.3 is 0 Å². The van der Waals surface area contributed by atoms with Crippen molar-refractivity contribution < 1.29 is 4.74 Å². The number of methoxy groups -OCH3 is 1. The third-order valence-electron chi connectivity index (χ3n) is 5.21. The molecule has 144 valence electrons. The standard InChI is InChI=1S/C19H21N7OS/c1-27-12-7-5-11(6-8-12)16-15(9-10-20)28-19-24-23-18(26(19)25-16)17-13-3-2-4-14(13)21-22-17/h5-8,15H,2-4,9-10,20H2,1H3,(H,21,22). The molecule has 0 bridgehead atoms. The van der Waals surface area contributed by atoms with Gasteiger partial charge in [-0.15, -0.1) is 10.2 Å². The van der Waals surface area contributed by atoms with E-state index in [4.69, 9.17) is 15.6 Å². The van der Waals surface area contributed by atoms with Crippen molar-refractivity contribution in [2.45, 2.75) is 36.1 Å². The first-order valence-corrected chi connectivity index (χ1v) is 10.3. The molecule has 1 aliphatic heterocycles. The fourth-order valence-corrected chi connectivity index (χ4v) is 4.91. The number of nitrogens with two attached hydrogens (primary N) is 1. The number of aryl methyl sites for hydroxylation is 1. The number of fused-ring (bicyclic) bond motifs is 2. The molecule has 0 saturated carbocycles. The lowest BCUT2D eigenvalue weighted by atomic mass is 10.0. The number of aromatic nitrogens is 5. The highest BCUT2D eigenvalue weighted by atomic mass is 32.2. The van der Waals surface area contributed by atoms with Gasteiger partial charge in [-0.3, -0.25) is 5.10 Å². The fraction of sp³-hybridized carbons (Fsp3) is 0.368. The number of nitrogens with zero attached hydrogens (tertiary/aromatic N) is 5. The number of hydrogen-bond donors (Lipinski definition) is 2. The molecule has 2 aliphatic rings. The fourth-order valence-electron chi connectivity index (χ4n) is 3.79. The van der Waals surface area contributed by atoms with Crippen LogP contribution in [0.4, 0.5) is 0 Å². The van der Waals surface area contributed by atoms with E-state index in [0.29, 0.717) is 12.4 Å². The number of ether oxygens (including phenoxy) is 1. The van der Waals surface area contributed by atoms with Gasteiger partial charge in [-0.25, -0.2) is 0 Å². The van der Waals surface area contributed by atoms with E-state index < -0.39 is 0 Å². The molecule has 2 aromatic heterocycles. The van der Waals surface area contributed by atoms with Crippen LogP contribution in [0, 0.1) is 0 Å². The summed E-state index contributed by atoms with van der Waals surface area (Å²) in [6, 6.07) is 7.96. The summed E-state index contributed by atoms with van der Waals surface area (Å²) in [5.41, 5.74) is 11.2. The SMILES string of the molecule is COc1ccc(C2=Nn3c(nnc3-c3n[nH]c4c3CCC4)SC2CCN)cc1. The molecule has 8 nitrogen and oxygen atoms in total. The average Bonchev–Trinajstić information content (AvgIpc) is 3.43. The van der Waals surface area contributed by atoms with Crippen LogP contribution in [0.5, 0.6) is 5.75 Å². The maximum absolute atomic E-state index is 5.86. The van der Waals surface area contributed by atoms with Crippen molar-refractivity contribution in [3.8, 4) is 17.3 Å². The van der Waals surface area contributed by atoms with Crippen molar-refractivity contribution in [3.63, 3.8) is 0 Å². The minimum atomic E-state index is 0.132. The zero-order chi connectivity index (χ0) is 19.1. The lowest BCUT2D eigenvalue weighted by Gasteiger charge is -2.22. The average molecular weight is 395 g/mol. The molecule has 0 fully saturated rings. The van der Waals surface area contributed by atoms with Gasteiger partial charge in [-0.05, 0) is 62.1 Å². The van der Waals surface area contributed by atoms with Gasteiger partial charge in [0.05, 0.1) is 18.1 Å². The van der Waals surface area contributed by atoms with Crippen LogP contribution in [0.15, 0.2) is 34.5 Å². The van der Waals surface area contributed by atoms with Gasteiger partial charge in [0.25, 0.3) is 0 Å². The van der Waals surface area contributed by atoms with E-state index >= 15 is 0 Å². The quantitative estimate of drug-likeness (QED) is 0.686. The molecule has 3 heterocycles. The van der Waals surface area contributed by atoms with Crippen molar-refractivity contribution in [1.82, 2.24) is 25.1 Å². The first kappa shape index (κ1) is 17.4. The van der Waals surface area contributed by atoms with Crippen molar-refractivity contribution in [3.05, 3.63) is 41.1 Å². The molecule has 5 rings (SSSR count). The summed E-state index contributed by atoms with van der Waals surface area (Å²) in [5.74, 6) is 1.51. The van der Waals surface area contributed by atoms with E-state index in [1.165, 1.54) is 11.3 Å². The Bertz CT molecular complexity index is 1040. The van der Waals surface area contributed by atoms with Crippen LogP contribution in [0.25, 0.3) is 11.5 Å². The van der Waals surface area contributed by atoms with Crippen LogP contribution in [0.2, 0.25) is 0 Å². The predicted molar refractivity (Wildman–Crippen MR) is 108 cm³/mol. The summed E-state index contributed by atoms with van der Waals surface area (Å²) in [7, 11) is 1.66. The molecule has 28 heavy (non-hydrogen) atoms. The van der Waals surface area contributed by atoms with Crippen LogP contribution in [0.1, 0.15) is 29.7 Å². The van der Waals surface area contributed by atoms with Crippen LogP contribution in [-0.2, 0) is 12.8 Å². The molecule has 9 heteroatoms. The summed E-state index contributed by atoms with van der Waals surface area (Å²) >= 11 is 1.66. The topological polar surface area (TPSA) is 107 Å². The second kappa shape index (κ2) is 7.06. The Morgan fingerprint density at radius 3 is 2.89 bits per heavy atom. The van der Waals surface area contributed by atoms with Crippen molar-refractivity contribution >= 4 is 17.5 Å². The highest BCUT2D eigenvalue weighted by molar-refractivity contribution is 8.00. The van der Waals surface area contributed by atoms with E-state index in [0.717, 1.165) is 53.6 Å². The normalized spacial score (nSPS) is 17.9. The third kappa shape index (κ3) is 2.82. The van der Waals surface area contributed by atoms with E-state index in [9.17, 15) is 0 Å². The van der Waals surface area contributed by atoms with Crippen molar-refractivity contribution in [2.24, 2.45) is 10.8 Å². The molecule has 0 saturated heterocycles. The second-order valence-electron chi connectivity index (χ2n) is 6.90. The zero-order valence-corrected chi connectivity index (χ0v) is 16.4. The van der Waals surface area contributed by atoms with E-state index in [1.54, 1.807) is 18.9 Å². The monoisotopic (exact) mass is 395 g/mol. The number of rotatable bonds is 5. The van der Waals surface area contributed by atoms with E-state index in [2.05, 4.69) is 20.4 Å². The molecule has 1 aromatic carbocycles. The Morgan fingerprint density at radius 2 is 2.11 bits per heavy atom. The highest BCUT2D eigenvalue weighted by Gasteiger charge is 2.31. The highest BCUT2D eigenvalue weighted by Crippen LogP contribution is 2.36. The smallest absolute Gasteiger partial charge is 0.213 e. The minimum absolute atomic E-state index is 0.132. The summed E-state index contributed by atoms with van der Waals surface area (Å²) in [6.07, 6.45) is 4.01. The number of aromatic amines is 1. The largest absolute Gasteiger partial charge is 0.497 e. The first-order valence-electron chi connectivity index (χ1n) is 9.40. The van der Waals surface area contributed by atoms with Crippen LogP contribution in [0.3, 0.4) is 0 Å². The van der Waals surface area contributed by atoms with Gasteiger partial charge in [-0.1, -0.05) is 11.8 Å². The number of thioether (sulfide) groups is 1. The van der Waals surface area contributed by atoms with Gasteiger partial charge in [0.2, 0.25) is 11.0 Å². The van der Waals surface area contributed by atoms with Gasteiger partial charge in [0.1, 0.15) is 11.4 Å². The van der Waals surface area contributed by atoms with Gasteiger partial charge in [0, 0.05) is 11.3 Å². The molecule has 3 aromatic rings. The maximum atomic E-state index is 5.86. The molecule has 1 atom stereocenters. The number of H-pyrrole nitrogens is 1. The summed E-state index contributed by atoms with van der Waals surface area (Å²) in [4.78, 5) is 0. The van der Waals surface area contributed by atoms with E-state index in [1.807, 2.05) is 28.9 Å². The Kier molecular flexibility index (Phi) is 4.40. The molecular weight excluding hydrogens is 374 g/mol. The van der Waals surface area contributed by atoms with Gasteiger partial charge in [-0.2, -0.15) is 14.9 Å². The Morgan fingerprint density at radius 1 is 1.25 bits per heavy atom. The van der Waals surface area contributed by atoms with E-state index in [-0.39, 0.29) is 5.25 Å². The zero-order valence-electron chi connectivity index (χ0n) is 15.6. The molecular formula is C19H21N7OS. The summed E-state index contributed by atoms with van der Waals surface area (Å²) < 4.78 is 7.11. The summed E-state index contributed by atoms with van der Waals surface area (Å²) in [5, 5.41) is 22.3. The third-order valence-corrected chi connectivity index (χ3v) is 6.41. The lowest BCUT2D eigenvalue weighted by molar-refractivity contribution is 0.415. The first-order chi connectivity index (χ1) is 13.8. The molecule has 1 aliphatic carbocycles. The predicted octanol–water partition coefficient (Wildman–Crippen LogP) is 2.24. The number of nitrogens with one attached hydrogen (secondary N) is 1. The van der Waals surface area contributed by atoms with Crippen LogP contribution in [-0.4, -0.2) is 49.7 Å².